The first-order chi connectivity index (χ1) is 18.6. The van der Waals surface area contributed by atoms with E-state index in [0.717, 1.165) is 12.8 Å². The second kappa shape index (κ2) is 11.7. The lowest BCUT2D eigenvalue weighted by atomic mass is 9.72. The highest BCUT2D eigenvalue weighted by Crippen LogP contribution is 2.45. The summed E-state index contributed by atoms with van der Waals surface area (Å²) in [6.07, 6.45) is -2.82. The molecule has 1 fully saturated rings. The lowest BCUT2D eigenvalue weighted by molar-refractivity contribution is -0.138. The van der Waals surface area contributed by atoms with Gasteiger partial charge in [-0.2, -0.15) is 13.2 Å². The van der Waals surface area contributed by atoms with Crippen molar-refractivity contribution >= 4 is 24.7 Å². The average Bonchev–Trinajstić information content (AvgIpc) is 2.79. The lowest BCUT2D eigenvalue weighted by Crippen LogP contribution is -2.48. The van der Waals surface area contributed by atoms with Gasteiger partial charge in [0.1, 0.15) is 16.9 Å². The molecule has 2 aromatic rings. The van der Waals surface area contributed by atoms with Crippen molar-refractivity contribution in [1.82, 2.24) is 5.32 Å². The Morgan fingerprint density at radius 2 is 1.59 bits per heavy atom. The minimum atomic E-state index is -4.94. The summed E-state index contributed by atoms with van der Waals surface area (Å²) in [6.45, 7) is 12.2. The number of carbonyl (C=O) groups is 1. The fourth-order valence-electron chi connectivity index (χ4n) is 5.20. The van der Waals surface area contributed by atoms with Crippen molar-refractivity contribution in [2.45, 2.75) is 97.6 Å². The van der Waals surface area contributed by atoms with Gasteiger partial charge in [0.2, 0.25) is 0 Å². The predicted octanol–water partition coefficient (Wildman–Crippen LogP) is 7.69. The largest absolute Gasteiger partial charge is 0.490 e. The molecule has 12 heteroatoms. The van der Waals surface area contributed by atoms with Gasteiger partial charge in [0, 0.05) is 0 Å². The first kappa shape index (κ1) is 33.2. The number of nitrogens with one attached hydrogen (secondary N) is 1. The molecule has 0 aliphatic heterocycles. The number of alkyl halides is 3. The van der Waals surface area contributed by atoms with Gasteiger partial charge < -0.3 is 24.6 Å². The summed E-state index contributed by atoms with van der Waals surface area (Å²) in [4.78, 5) is 31.1. The second-order valence-electron chi connectivity index (χ2n) is 13.1. The van der Waals surface area contributed by atoms with E-state index in [2.05, 4.69) is 26.1 Å². The van der Waals surface area contributed by atoms with E-state index in [-0.39, 0.29) is 33.6 Å². The summed E-state index contributed by atoms with van der Waals surface area (Å²) in [7, 11) is -4.94. The van der Waals surface area contributed by atoms with E-state index < -0.39 is 43.4 Å². The average molecular weight is 604 g/mol. The second-order valence-corrected chi connectivity index (χ2v) is 14.3. The Hall–Kier alpha value is -2.33. The maximum atomic E-state index is 14.4. The molecule has 1 saturated carbocycles. The maximum Gasteiger partial charge on any atom is 0.469 e. The molecule has 230 valence electrons. The Morgan fingerprint density at radius 3 is 2.10 bits per heavy atom. The van der Waals surface area contributed by atoms with Crippen LogP contribution in [0.4, 0.5) is 18.0 Å². The number of phosphoric acid groups is 1. The normalized spacial score (nSPS) is 20.4. The Balaban J connectivity index is 1.98. The van der Waals surface area contributed by atoms with Crippen molar-refractivity contribution in [3.63, 3.8) is 0 Å². The van der Waals surface area contributed by atoms with Gasteiger partial charge in [0.15, 0.2) is 0 Å². The van der Waals surface area contributed by atoms with Gasteiger partial charge in [-0.1, -0.05) is 39.0 Å². The smallest absolute Gasteiger partial charge is 0.469 e. The molecular weight excluding hydrogens is 562 g/mol. The predicted molar refractivity (Wildman–Crippen MR) is 149 cm³/mol. The van der Waals surface area contributed by atoms with Crippen molar-refractivity contribution in [1.29, 1.82) is 0 Å². The molecule has 41 heavy (non-hydrogen) atoms. The topological polar surface area (TPSA) is 114 Å². The lowest BCUT2D eigenvalue weighted by Gasteiger charge is -2.37. The van der Waals surface area contributed by atoms with Crippen molar-refractivity contribution < 1.29 is 46.3 Å². The number of alkyl carbamates (subject to hydrolysis) is 1. The number of hydrogen-bond donors (Lipinski definition) is 3. The summed E-state index contributed by atoms with van der Waals surface area (Å²) in [6, 6.07) is 6.85. The summed E-state index contributed by atoms with van der Waals surface area (Å²) in [5.74, 6) is 0.244. The monoisotopic (exact) mass is 603 g/mol. The number of amides is 1. The molecule has 0 spiro atoms. The Labute approximate surface area is 239 Å². The van der Waals surface area contributed by atoms with E-state index in [4.69, 9.17) is 14.0 Å². The number of benzene rings is 2. The molecule has 0 aromatic heterocycles. The first-order valence-electron chi connectivity index (χ1n) is 13.6. The van der Waals surface area contributed by atoms with Gasteiger partial charge in [-0.15, -0.1) is 0 Å². The Bertz CT molecular complexity index is 1290. The number of ether oxygens (including phenoxy) is 2. The number of rotatable bonds is 7. The van der Waals surface area contributed by atoms with Crippen LogP contribution in [0.2, 0.25) is 0 Å². The molecule has 3 rings (SSSR count). The minimum absolute atomic E-state index is 0.0994. The summed E-state index contributed by atoms with van der Waals surface area (Å²) < 4.78 is 70.6. The third-order valence-corrected chi connectivity index (χ3v) is 7.86. The molecule has 0 radical (unpaired) electrons. The van der Waals surface area contributed by atoms with E-state index in [1.807, 2.05) is 0 Å². The van der Waals surface area contributed by atoms with Gasteiger partial charge >= 0.3 is 20.1 Å². The third-order valence-electron chi connectivity index (χ3n) is 7.39. The van der Waals surface area contributed by atoms with Gasteiger partial charge in [-0.05, 0) is 93.2 Å². The minimum Gasteiger partial charge on any atom is -0.490 e. The molecule has 3 N–H and O–H groups in total. The van der Waals surface area contributed by atoms with Crippen LogP contribution in [0.1, 0.15) is 85.3 Å². The van der Waals surface area contributed by atoms with Crippen LogP contribution in [-0.2, 0) is 25.5 Å². The Morgan fingerprint density at radius 1 is 0.976 bits per heavy atom. The standard InChI is InChI=1S/C29H41F3NO7P/c1-26(2,3)19-9-12-21(13-10-19)39-23-15-8-18-16-20(11-14-22(18)24(23)29(30,31)32)28(7,17-38-41(35,36)37)33-25(34)40-27(4,5)6/h8,11,14-16,19,21H,9-10,12-13,17H2,1-7H3,(H,33,34)(H2,35,36,37)/t19?,21?,28-/m0/s1. The molecule has 1 aliphatic rings. The summed E-state index contributed by atoms with van der Waals surface area (Å²) in [5, 5.41) is 2.65. The number of hydrogen-bond acceptors (Lipinski definition) is 5. The number of halogens is 3. The van der Waals surface area contributed by atoms with Gasteiger partial charge in [0.25, 0.3) is 0 Å². The highest BCUT2D eigenvalue weighted by atomic mass is 31.2. The SMILES string of the molecule is CC(C)(C)OC(=O)N[C@@](C)(COP(=O)(O)O)c1ccc2c(C(F)(F)F)c(OC3CCC(C(C)(C)C)CC3)ccc2c1. The summed E-state index contributed by atoms with van der Waals surface area (Å²) in [5.41, 5.74) is -2.94. The van der Waals surface area contributed by atoms with Crippen LogP contribution in [0.25, 0.3) is 10.8 Å². The first-order valence-corrected chi connectivity index (χ1v) is 15.1. The fraction of sp³-hybridized carbons (Fsp3) is 0.621. The van der Waals surface area contributed by atoms with Gasteiger partial charge in [-0.25, -0.2) is 9.36 Å². The van der Waals surface area contributed by atoms with Crippen molar-refractivity contribution in [3.8, 4) is 5.75 Å². The van der Waals surface area contributed by atoms with Crippen LogP contribution in [0.3, 0.4) is 0 Å². The molecule has 0 heterocycles. The van der Waals surface area contributed by atoms with Crippen LogP contribution in [0.5, 0.6) is 5.75 Å². The zero-order chi connectivity index (χ0) is 31.0. The van der Waals surface area contributed by atoms with Crippen LogP contribution in [0.15, 0.2) is 30.3 Å². The van der Waals surface area contributed by atoms with Crippen molar-refractivity contribution in [2.75, 3.05) is 6.61 Å². The molecular formula is C29H41F3NO7P. The fourth-order valence-corrected chi connectivity index (χ4v) is 5.63. The maximum absolute atomic E-state index is 14.4. The molecule has 1 atom stereocenters. The van der Waals surface area contributed by atoms with E-state index in [0.29, 0.717) is 18.8 Å². The molecule has 0 saturated heterocycles. The number of fused-ring (bicyclic) bond motifs is 1. The Kier molecular flexibility index (Phi) is 9.50. The third kappa shape index (κ3) is 9.08. The van der Waals surface area contributed by atoms with Crippen LogP contribution in [0, 0.1) is 11.3 Å². The molecule has 1 amide bonds. The van der Waals surface area contributed by atoms with Crippen LogP contribution >= 0.6 is 7.82 Å². The molecule has 2 aromatic carbocycles. The van der Waals surface area contributed by atoms with Crippen LogP contribution in [-0.4, -0.2) is 34.2 Å². The van der Waals surface area contributed by atoms with E-state index in [1.165, 1.54) is 37.3 Å². The highest BCUT2D eigenvalue weighted by Gasteiger charge is 2.39. The van der Waals surface area contributed by atoms with E-state index in [9.17, 15) is 32.3 Å². The van der Waals surface area contributed by atoms with Crippen molar-refractivity contribution in [3.05, 3.63) is 41.5 Å². The quantitative estimate of drug-likeness (QED) is 0.278. The van der Waals surface area contributed by atoms with Crippen LogP contribution < -0.4 is 10.1 Å². The van der Waals surface area contributed by atoms with Gasteiger partial charge in [-0.3, -0.25) is 4.52 Å². The highest BCUT2D eigenvalue weighted by molar-refractivity contribution is 7.46. The van der Waals surface area contributed by atoms with Crippen molar-refractivity contribution in [2.24, 2.45) is 11.3 Å². The van der Waals surface area contributed by atoms with E-state index in [1.54, 1.807) is 20.8 Å². The number of carbonyl (C=O) groups excluding carboxylic acids is 1. The van der Waals surface area contributed by atoms with Gasteiger partial charge in [0.05, 0.1) is 18.2 Å². The molecule has 8 nitrogen and oxygen atoms in total. The zero-order valence-corrected chi connectivity index (χ0v) is 25.5. The molecule has 1 aliphatic carbocycles. The number of phosphoric ester groups is 1. The molecule has 0 unspecified atom stereocenters. The van der Waals surface area contributed by atoms with E-state index >= 15 is 0 Å². The zero-order valence-electron chi connectivity index (χ0n) is 24.6. The summed E-state index contributed by atoms with van der Waals surface area (Å²) >= 11 is 0. The molecule has 0 bridgehead atoms.